The molecule has 20 heavy (non-hydrogen) atoms. The van der Waals surface area contributed by atoms with Crippen LogP contribution in [0.2, 0.25) is 0 Å². The Balaban J connectivity index is 1.98. The number of benzene rings is 1. The fourth-order valence-electron chi connectivity index (χ4n) is 3.25. The molecule has 112 valence electrons. The molecule has 0 spiro atoms. The fourth-order valence-corrected chi connectivity index (χ4v) is 3.25. The summed E-state index contributed by atoms with van der Waals surface area (Å²) in [7, 11) is 0. The zero-order chi connectivity index (χ0) is 14.4. The summed E-state index contributed by atoms with van der Waals surface area (Å²) in [5.74, 6) is 1.59. The second kappa shape index (κ2) is 7.65. The number of rotatable bonds is 7. The number of ether oxygens (including phenoxy) is 1. The SMILES string of the molecule is CCOc1ccc(C(CN)C(O)CC2CCCC2)cc1. The summed E-state index contributed by atoms with van der Waals surface area (Å²) in [5.41, 5.74) is 7.00. The largest absolute Gasteiger partial charge is 0.494 e. The molecule has 0 saturated heterocycles. The van der Waals surface area contributed by atoms with Crippen LogP contribution in [0.15, 0.2) is 24.3 Å². The van der Waals surface area contributed by atoms with Gasteiger partial charge in [-0.1, -0.05) is 37.8 Å². The molecule has 1 fully saturated rings. The van der Waals surface area contributed by atoms with Crippen molar-refractivity contribution in [3.63, 3.8) is 0 Å². The number of aliphatic hydroxyl groups is 1. The topological polar surface area (TPSA) is 55.5 Å². The monoisotopic (exact) mass is 277 g/mol. The number of aliphatic hydroxyl groups excluding tert-OH is 1. The van der Waals surface area contributed by atoms with Crippen LogP contribution >= 0.6 is 0 Å². The van der Waals surface area contributed by atoms with Crippen molar-refractivity contribution in [1.82, 2.24) is 0 Å². The highest BCUT2D eigenvalue weighted by atomic mass is 16.5. The van der Waals surface area contributed by atoms with Crippen molar-refractivity contribution in [2.75, 3.05) is 13.2 Å². The van der Waals surface area contributed by atoms with Crippen LogP contribution in [-0.2, 0) is 0 Å². The molecule has 1 aromatic rings. The normalized spacial score (nSPS) is 18.9. The minimum Gasteiger partial charge on any atom is -0.494 e. The van der Waals surface area contributed by atoms with Gasteiger partial charge in [0.1, 0.15) is 5.75 Å². The van der Waals surface area contributed by atoms with E-state index in [4.69, 9.17) is 10.5 Å². The van der Waals surface area contributed by atoms with Crippen molar-refractivity contribution >= 4 is 0 Å². The maximum absolute atomic E-state index is 10.5. The van der Waals surface area contributed by atoms with Crippen LogP contribution in [0, 0.1) is 5.92 Å². The Labute approximate surface area is 122 Å². The quantitative estimate of drug-likeness (QED) is 0.805. The van der Waals surface area contributed by atoms with E-state index >= 15 is 0 Å². The van der Waals surface area contributed by atoms with Gasteiger partial charge in [0.25, 0.3) is 0 Å². The molecular formula is C17H27NO2. The Morgan fingerprint density at radius 2 is 1.90 bits per heavy atom. The first-order chi connectivity index (χ1) is 9.74. The fraction of sp³-hybridized carbons (Fsp3) is 0.647. The van der Waals surface area contributed by atoms with Gasteiger partial charge in [-0.15, -0.1) is 0 Å². The Bertz CT molecular complexity index is 384. The second-order valence-corrected chi connectivity index (χ2v) is 5.80. The van der Waals surface area contributed by atoms with Crippen LogP contribution in [0.4, 0.5) is 0 Å². The number of hydrogen-bond acceptors (Lipinski definition) is 3. The zero-order valence-electron chi connectivity index (χ0n) is 12.4. The van der Waals surface area contributed by atoms with Gasteiger partial charge < -0.3 is 15.6 Å². The smallest absolute Gasteiger partial charge is 0.119 e. The minimum absolute atomic E-state index is 0.0336. The molecule has 3 N–H and O–H groups in total. The molecule has 2 atom stereocenters. The molecule has 0 aromatic heterocycles. The summed E-state index contributed by atoms with van der Waals surface area (Å²) < 4.78 is 5.45. The lowest BCUT2D eigenvalue weighted by molar-refractivity contribution is 0.116. The molecule has 1 aromatic carbocycles. The highest BCUT2D eigenvalue weighted by Gasteiger charge is 2.25. The Morgan fingerprint density at radius 1 is 1.25 bits per heavy atom. The van der Waals surface area contributed by atoms with E-state index in [1.807, 2.05) is 31.2 Å². The molecule has 3 heteroatoms. The average Bonchev–Trinajstić information content (AvgIpc) is 2.95. The summed E-state index contributed by atoms with van der Waals surface area (Å²) in [6.45, 7) is 3.13. The van der Waals surface area contributed by atoms with Crippen molar-refractivity contribution in [2.24, 2.45) is 11.7 Å². The van der Waals surface area contributed by atoms with Crippen LogP contribution in [0.3, 0.4) is 0 Å². The lowest BCUT2D eigenvalue weighted by Gasteiger charge is -2.24. The molecule has 0 heterocycles. The van der Waals surface area contributed by atoms with Gasteiger partial charge in [0, 0.05) is 12.5 Å². The van der Waals surface area contributed by atoms with Gasteiger partial charge in [-0.25, -0.2) is 0 Å². The average molecular weight is 277 g/mol. The third-order valence-corrected chi connectivity index (χ3v) is 4.39. The summed E-state index contributed by atoms with van der Waals surface area (Å²) in [5, 5.41) is 10.5. The van der Waals surface area contributed by atoms with E-state index in [0.29, 0.717) is 19.1 Å². The van der Waals surface area contributed by atoms with E-state index in [0.717, 1.165) is 17.7 Å². The second-order valence-electron chi connectivity index (χ2n) is 5.80. The summed E-state index contributed by atoms with van der Waals surface area (Å²) in [4.78, 5) is 0. The van der Waals surface area contributed by atoms with E-state index in [2.05, 4.69) is 0 Å². The Morgan fingerprint density at radius 3 is 2.45 bits per heavy atom. The minimum atomic E-state index is -0.332. The van der Waals surface area contributed by atoms with Crippen LogP contribution in [0.1, 0.15) is 50.5 Å². The molecule has 2 rings (SSSR count). The van der Waals surface area contributed by atoms with E-state index in [1.165, 1.54) is 25.7 Å². The lowest BCUT2D eigenvalue weighted by atomic mass is 9.87. The van der Waals surface area contributed by atoms with Crippen molar-refractivity contribution in [3.05, 3.63) is 29.8 Å². The summed E-state index contributed by atoms with van der Waals surface area (Å²) >= 11 is 0. The van der Waals surface area contributed by atoms with Gasteiger partial charge in [-0.05, 0) is 37.0 Å². The first-order valence-corrected chi connectivity index (χ1v) is 7.85. The van der Waals surface area contributed by atoms with Crippen molar-refractivity contribution in [1.29, 1.82) is 0 Å². The molecule has 1 aliphatic rings. The first kappa shape index (κ1) is 15.3. The maximum atomic E-state index is 10.5. The molecule has 0 amide bonds. The highest BCUT2D eigenvalue weighted by molar-refractivity contribution is 5.30. The third-order valence-electron chi connectivity index (χ3n) is 4.39. The van der Waals surface area contributed by atoms with Gasteiger partial charge >= 0.3 is 0 Å². The van der Waals surface area contributed by atoms with Crippen molar-refractivity contribution in [2.45, 2.75) is 51.0 Å². The third kappa shape index (κ3) is 3.97. The van der Waals surface area contributed by atoms with Crippen LogP contribution in [-0.4, -0.2) is 24.4 Å². The molecular weight excluding hydrogens is 250 g/mol. The molecule has 3 nitrogen and oxygen atoms in total. The molecule has 1 saturated carbocycles. The van der Waals surface area contributed by atoms with Gasteiger partial charge in [-0.2, -0.15) is 0 Å². The standard InChI is InChI=1S/C17H27NO2/c1-2-20-15-9-7-14(8-10-15)16(12-18)17(19)11-13-5-3-4-6-13/h7-10,13,16-17,19H,2-6,11-12,18H2,1H3. The van der Waals surface area contributed by atoms with Crippen LogP contribution in [0.25, 0.3) is 0 Å². The molecule has 0 radical (unpaired) electrons. The van der Waals surface area contributed by atoms with E-state index in [1.54, 1.807) is 0 Å². The van der Waals surface area contributed by atoms with Gasteiger partial charge in [-0.3, -0.25) is 0 Å². The highest BCUT2D eigenvalue weighted by Crippen LogP contribution is 2.32. The van der Waals surface area contributed by atoms with E-state index < -0.39 is 0 Å². The Hall–Kier alpha value is -1.06. The predicted octanol–water partition coefficient (Wildman–Crippen LogP) is 3.07. The maximum Gasteiger partial charge on any atom is 0.119 e. The van der Waals surface area contributed by atoms with Gasteiger partial charge in [0.05, 0.1) is 12.7 Å². The van der Waals surface area contributed by atoms with Crippen molar-refractivity contribution < 1.29 is 9.84 Å². The zero-order valence-corrected chi connectivity index (χ0v) is 12.4. The molecule has 1 aliphatic carbocycles. The summed E-state index contributed by atoms with van der Waals surface area (Å²) in [6.07, 6.45) is 5.70. The number of nitrogens with two attached hydrogens (primary N) is 1. The molecule has 2 unspecified atom stereocenters. The first-order valence-electron chi connectivity index (χ1n) is 7.85. The molecule has 0 bridgehead atoms. The van der Waals surface area contributed by atoms with Crippen LogP contribution in [0.5, 0.6) is 5.75 Å². The van der Waals surface area contributed by atoms with E-state index in [-0.39, 0.29) is 12.0 Å². The summed E-state index contributed by atoms with van der Waals surface area (Å²) in [6, 6.07) is 7.98. The lowest BCUT2D eigenvalue weighted by Crippen LogP contribution is -2.27. The predicted molar refractivity (Wildman–Crippen MR) is 82.0 cm³/mol. The van der Waals surface area contributed by atoms with Crippen molar-refractivity contribution in [3.8, 4) is 5.75 Å². The Kier molecular flexibility index (Phi) is 5.86. The van der Waals surface area contributed by atoms with Gasteiger partial charge in [0.15, 0.2) is 0 Å². The van der Waals surface area contributed by atoms with E-state index in [9.17, 15) is 5.11 Å². The van der Waals surface area contributed by atoms with Gasteiger partial charge in [0.2, 0.25) is 0 Å². The molecule has 0 aliphatic heterocycles. The number of hydrogen-bond donors (Lipinski definition) is 2. The van der Waals surface area contributed by atoms with Crippen LogP contribution < -0.4 is 10.5 Å².